The summed E-state index contributed by atoms with van der Waals surface area (Å²) in [6.07, 6.45) is 1.26. The Morgan fingerprint density at radius 1 is 1.36 bits per heavy atom. The number of rotatable bonds is 6. The van der Waals surface area contributed by atoms with Gasteiger partial charge in [0, 0.05) is 37.8 Å². The molecule has 1 aromatic heterocycles. The topological polar surface area (TPSA) is 109 Å². The van der Waals surface area contributed by atoms with E-state index in [1.54, 1.807) is 24.3 Å². The van der Waals surface area contributed by atoms with Gasteiger partial charge < -0.3 is 9.84 Å². The van der Waals surface area contributed by atoms with Gasteiger partial charge in [0.2, 0.25) is 17.6 Å². The first-order valence-corrected chi connectivity index (χ1v) is 10.6. The van der Waals surface area contributed by atoms with Gasteiger partial charge in [-0.2, -0.15) is 22.0 Å². The molecule has 1 saturated heterocycles. The maximum Gasteiger partial charge on any atom is 0.281 e. The summed E-state index contributed by atoms with van der Waals surface area (Å²) in [6.45, 7) is 0.654. The number of carbonyl (C=O) groups excluding carboxylic acids is 1. The van der Waals surface area contributed by atoms with Gasteiger partial charge in [0.1, 0.15) is 0 Å². The highest BCUT2D eigenvalue weighted by Crippen LogP contribution is 2.21. The monoisotopic (exact) mass is 427 g/mol. The van der Waals surface area contributed by atoms with E-state index in [4.69, 9.17) is 16.1 Å². The zero-order chi connectivity index (χ0) is 20.3. The summed E-state index contributed by atoms with van der Waals surface area (Å²) in [4.78, 5) is 16.7. The number of carbonyl (C=O) groups is 1. The van der Waals surface area contributed by atoms with Gasteiger partial charge in [0.05, 0.1) is 12.5 Å². The second-order valence-electron chi connectivity index (χ2n) is 6.72. The van der Waals surface area contributed by atoms with Gasteiger partial charge in [-0.05, 0) is 37.1 Å². The van der Waals surface area contributed by atoms with Crippen molar-refractivity contribution in [2.45, 2.75) is 19.4 Å². The second kappa shape index (κ2) is 8.56. The zero-order valence-electron chi connectivity index (χ0n) is 15.6. The van der Waals surface area contributed by atoms with Crippen molar-refractivity contribution >= 4 is 27.7 Å². The number of nitrogens with zero attached hydrogens (tertiary/aromatic N) is 4. The van der Waals surface area contributed by atoms with Crippen LogP contribution in [0.4, 0.5) is 0 Å². The number of hydrogen-bond acceptors (Lipinski definition) is 6. The molecule has 1 aliphatic heterocycles. The molecule has 0 aliphatic carbocycles. The molecule has 0 radical (unpaired) electrons. The fourth-order valence-electron chi connectivity index (χ4n) is 2.95. The normalized spacial score (nSPS) is 18.4. The Morgan fingerprint density at radius 3 is 2.75 bits per heavy atom. The molecule has 9 nitrogen and oxygen atoms in total. The molecule has 1 unspecified atom stereocenters. The van der Waals surface area contributed by atoms with Crippen molar-refractivity contribution in [1.29, 1.82) is 0 Å². The first-order valence-electron chi connectivity index (χ1n) is 8.81. The maximum atomic E-state index is 12.5. The molecule has 1 N–H and O–H groups in total. The molecular formula is C17H22ClN5O4S. The van der Waals surface area contributed by atoms with Crippen LogP contribution in [0.1, 0.15) is 18.7 Å². The van der Waals surface area contributed by atoms with E-state index in [0.29, 0.717) is 30.2 Å². The summed E-state index contributed by atoms with van der Waals surface area (Å²) in [5.41, 5.74) is 0.752. The smallest absolute Gasteiger partial charge is 0.281 e. The molecule has 1 fully saturated rings. The molecule has 28 heavy (non-hydrogen) atoms. The van der Waals surface area contributed by atoms with Crippen LogP contribution < -0.4 is 5.32 Å². The molecule has 2 aromatic rings. The number of hydrogen-bond donors (Lipinski definition) is 1. The van der Waals surface area contributed by atoms with E-state index in [1.165, 1.54) is 18.4 Å². The number of piperidine rings is 1. The molecule has 1 aliphatic rings. The van der Waals surface area contributed by atoms with Gasteiger partial charge in [0.25, 0.3) is 10.2 Å². The number of aromatic nitrogens is 2. The molecule has 152 valence electrons. The van der Waals surface area contributed by atoms with Crippen LogP contribution in [0.25, 0.3) is 11.4 Å². The van der Waals surface area contributed by atoms with E-state index in [0.717, 1.165) is 9.87 Å². The number of nitrogens with one attached hydrogen (secondary N) is 1. The molecule has 1 aromatic carbocycles. The van der Waals surface area contributed by atoms with Crippen molar-refractivity contribution in [3.05, 3.63) is 35.2 Å². The van der Waals surface area contributed by atoms with Crippen LogP contribution in [-0.4, -0.2) is 60.3 Å². The van der Waals surface area contributed by atoms with E-state index < -0.39 is 16.1 Å². The minimum atomic E-state index is -3.53. The average Bonchev–Trinajstić information content (AvgIpc) is 3.15. The van der Waals surface area contributed by atoms with Gasteiger partial charge >= 0.3 is 0 Å². The Hall–Kier alpha value is -2.01. The van der Waals surface area contributed by atoms with Gasteiger partial charge in [0.15, 0.2) is 0 Å². The van der Waals surface area contributed by atoms with E-state index in [-0.39, 0.29) is 24.9 Å². The first-order chi connectivity index (χ1) is 13.3. The van der Waals surface area contributed by atoms with Crippen LogP contribution in [0.2, 0.25) is 5.02 Å². The highest BCUT2D eigenvalue weighted by molar-refractivity contribution is 7.86. The predicted octanol–water partition coefficient (Wildman–Crippen LogP) is 1.52. The molecule has 0 spiro atoms. The largest absolute Gasteiger partial charge is 0.347 e. The summed E-state index contributed by atoms with van der Waals surface area (Å²) in [5, 5.41) is 7.26. The minimum absolute atomic E-state index is 0.0797. The Balaban J connectivity index is 1.58. The SMILES string of the molecule is CN(C)S(=O)(=O)N1CCCC(C(=O)NCc2nc(-c3ccc(Cl)cc3)no2)C1. The van der Waals surface area contributed by atoms with Crippen LogP contribution in [0.5, 0.6) is 0 Å². The average molecular weight is 428 g/mol. The zero-order valence-corrected chi connectivity index (χ0v) is 17.2. The quantitative estimate of drug-likeness (QED) is 0.748. The summed E-state index contributed by atoms with van der Waals surface area (Å²) < 4.78 is 32.2. The Bertz CT molecular complexity index is 929. The molecule has 0 saturated carbocycles. The molecule has 1 atom stereocenters. The van der Waals surface area contributed by atoms with Gasteiger partial charge in [-0.3, -0.25) is 4.79 Å². The third kappa shape index (κ3) is 4.69. The fraction of sp³-hybridized carbons (Fsp3) is 0.471. The highest BCUT2D eigenvalue weighted by atomic mass is 35.5. The van der Waals surface area contributed by atoms with Gasteiger partial charge in [-0.25, -0.2) is 0 Å². The minimum Gasteiger partial charge on any atom is -0.347 e. The van der Waals surface area contributed by atoms with Gasteiger partial charge in [-0.15, -0.1) is 0 Å². The van der Waals surface area contributed by atoms with Crippen molar-refractivity contribution < 1.29 is 17.7 Å². The Morgan fingerprint density at radius 2 is 2.07 bits per heavy atom. The molecule has 2 heterocycles. The van der Waals surface area contributed by atoms with Crippen LogP contribution >= 0.6 is 11.6 Å². The van der Waals surface area contributed by atoms with E-state index >= 15 is 0 Å². The molecule has 1 amide bonds. The number of halogens is 1. The second-order valence-corrected chi connectivity index (χ2v) is 9.30. The van der Waals surface area contributed by atoms with E-state index in [1.807, 2.05) is 0 Å². The number of amides is 1. The van der Waals surface area contributed by atoms with Crippen molar-refractivity contribution in [2.24, 2.45) is 5.92 Å². The molecule has 0 bridgehead atoms. The van der Waals surface area contributed by atoms with Crippen LogP contribution in [0.3, 0.4) is 0 Å². The third-order valence-corrected chi connectivity index (χ3v) is 6.69. The number of benzene rings is 1. The van der Waals surface area contributed by atoms with Crippen LogP contribution in [-0.2, 0) is 21.5 Å². The summed E-state index contributed by atoms with van der Waals surface area (Å²) >= 11 is 5.86. The van der Waals surface area contributed by atoms with Gasteiger partial charge in [-0.1, -0.05) is 16.8 Å². The highest BCUT2D eigenvalue weighted by Gasteiger charge is 2.33. The summed E-state index contributed by atoms with van der Waals surface area (Å²) in [6, 6.07) is 7.01. The van der Waals surface area contributed by atoms with Crippen molar-refractivity contribution in [2.75, 3.05) is 27.2 Å². The lowest BCUT2D eigenvalue weighted by molar-refractivity contribution is -0.126. The lowest BCUT2D eigenvalue weighted by Crippen LogP contribution is -2.48. The van der Waals surface area contributed by atoms with Crippen LogP contribution in [0, 0.1) is 5.92 Å². The predicted molar refractivity (Wildman–Crippen MR) is 103 cm³/mol. The molecular weight excluding hydrogens is 406 g/mol. The maximum absolute atomic E-state index is 12.5. The van der Waals surface area contributed by atoms with E-state index in [2.05, 4.69) is 15.5 Å². The standard InChI is InChI=1S/C17H22ClN5O4S/c1-22(2)28(25,26)23-9-3-4-13(11-23)17(24)19-10-15-20-16(21-27-15)12-5-7-14(18)8-6-12/h5-8,13H,3-4,9-11H2,1-2H3,(H,19,24). The Labute approximate surface area is 168 Å². The lowest BCUT2D eigenvalue weighted by Gasteiger charge is -2.32. The summed E-state index contributed by atoms with van der Waals surface area (Å²) in [7, 11) is -0.569. The third-order valence-electron chi connectivity index (χ3n) is 4.53. The fourth-order valence-corrected chi connectivity index (χ4v) is 4.26. The summed E-state index contributed by atoms with van der Waals surface area (Å²) in [5.74, 6) is 0.0285. The lowest BCUT2D eigenvalue weighted by atomic mass is 9.99. The molecule has 11 heteroatoms. The van der Waals surface area contributed by atoms with Crippen LogP contribution in [0.15, 0.2) is 28.8 Å². The first kappa shape index (κ1) is 20.7. The van der Waals surface area contributed by atoms with Crippen molar-refractivity contribution in [3.8, 4) is 11.4 Å². The van der Waals surface area contributed by atoms with Crippen molar-refractivity contribution in [1.82, 2.24) is 24.1 Å². The van der Waals surface area contributed by atoms with E-state index in [9.17, 15) is 13.2 Å². The molecule has 3 rings (SSSR count). The Kier molecular flexibility index (Phi) is 6.33. The van der Waals surface area contributed by atoms with Crippen molar-refractivity contribution in [3.63, 3.8) is 0 Å².